The van der Waals surface area contributed by atoms with Crippen molar-refractivity contribution in [2.75, 3.05) is 20.3 Å². The molecule has 21 heavy (non-hydrogen) atoms. The highest BCUT2D eigenvalue weighted by Crippen LogP contribution is 2.24. The van der Waals surface area contributed by atoms with Crippen molar-refractivity contribution in [3.8, 4) is 17.2 Å². The van der Waals surface area contributed by atoms with Gasteiger partial charge in [0.05, 0.1) is 12.7 Å². The van der Waals surface area contributed by atoms with Gasteiger partial charge >= 0.3 is 0 Å². The first-order valence-electron chi connectivity index (χ1n) is 6.49. The number of primary amides is 1. The lowest BCUT2D eigenvalue weighted by Gasteiger charge is -2.12. The Morgan fingerprint density at radius 3 is 2.38 bits per heavy atom. The lowest BCUT2D eigenvalue weighted by Crippen LogP contribution is -2.15. The molecule has 110 valence electrons. The van der Waals surface area contributed by atoms with E-state index in [1.807, 2.05) is 30.3 Å². The largest absolute Gasteiger partial charge is 0.497 e. The van der Waals surface area contributed by atoms with Gasteiger partial charge in [0, 0.05) is 6.07 Å². The molecule has 0 aliphatic carbocycles. The van der Waals surface area contributed by atoms with E-state index in [2.05, 4.69) is 0 Å². The summed E-state index contributed by atoms with van der Waals surface area (Å²) in [6.45, 7) is 0.655. The van der Waals surface area contributed by atoms with Gasteiger partial charge < -0.3 is 19.9 Å². The van der Waals surface area contributed by atoms with Crippen LogP contribution in [0, 0.1) is 0 Å². The molecule has 0 saturated carbocycles. The summed E-state index contributed by atoms with van der Waals surface area (Å²) in [6, 6.07) is 14.3. The van der Waals surface area contributed by atoms with Crippen LogP contribution in [0.5, 0.6) is 17.2 Å². The molecule has 0 spiro atoms. The average molecular weight is 287 g/mol. The summed E-state index contributed by atoms with van der Waals surface area (Å²) in [5.41, 5.74) is 5.63. The molecule has 0 aliphatic heterocycles. The summed E-state index contributed by atoms with van der Waals surface area (Å²) in [5, 5.41) is 0. The Kier molecular flexibility index (Phi) is 5.04. The third kappa shape index (κ3) is 4.14. The summed E-state index contributed by atoms with van der Waals surface area (Å²) >= 11 is 0. The predicted molar refractivity (Wildman–Crippen MR) is 78.9 cm³/mol. The fourth-order valence-electron chi connectivity index (χ4n) is 1.78. The number of carbonyl (C=O) groups is 1. The van der Waals surface area contributed by atoms with Gasteiger partial charge in [0.2, 0.25) is 0 Å². The molecular formula is C16H17NO4. The topological polar surface area (TPSA) is 70.8 Å². The Morgan fingerprint density at radius 2 is 1.71 bits per heavy atom. The highest BCUT2D eigenvalue weighted by atomic mass is 16.5. The van der Waals surface area contributed by atoms with Crippen LogP contribution in [-0.2, 0) is 0 Å². The van der Waals surface area contributed by atoms with Gasteiger partial charge in [0.25, 0.3) is 5.91 Å². The summed E-state index contributed by atoms with van der Waals surface area (Å²) in [7, 11) is 1.54. The Hall–Kier alpha value is -2.69. The number of hydrogen-bond acceptors (Lipinski definition) is 4. The van der Waals surface area contributed by atoms with E-state index in [0.29, 0.717) is 30.3 Å². The lowest BCUT2D eigenvalue weighted by atomic mass is 10.2. The summed E-state index contributed by atoms with van der Waals surface area (Å²) in [5.74, 6) is 1.20. The quantitative estimate of drug-likeness (QED) is 0.793. The van der Waals surface area contributed by atoms with Crippen molar-refractivity contribution in [1.29, 1.82) is 0 Å². The van der Waals surface area contributed by atoms with Crippen molar-refractivity contribution in [3.63, 3.8) is 0 Å². The molecule has 0 unspecified atom stereocenters. The van der Waals surface area contributed by atoms with Gasteiger partial charge in [-0.05, 0) is 24.3 Å². The summed E-state index contributed by atoms with van der Waals surface area (Å²) in [4.78, 5) is 11.3. The Labute approximate surface area is 123 Å². The number of methoxy groups -OCH3 is 1. The predicted octanol–water partition coefficient (Wildman–Crippen LogP) is 2.25. The van der Waals surface area contributed by atoms with Crippen LogP contribution in [0.15, 0.2) is 48.5 Å². The number of ether oxygens (including phenoxy) is 3. The van der Waals surface area contributed by atoms with Crippen LogP contribution in [0.25, 0.3) is 0 Å². The van der Waals surface area contributed by atoms with Crippen LogP contribution >= 0.6 is 0 Å². The van der Waals surface area contributed by atoms with E-state index < -0.39 is 5.91 Å². The van der Waals surface area contributed by atoms with E-state index in [9.17, 15) is 4.79 Å². The van der Waals surface area contributed by atoms with Gasteiger partial charge in [-0.25, -0.2) is 0 Å². The molecule has 0 aliphatic rings. The summed E-state index contributed by atoms with van der Waals surface area (Å²) in [6.07, 6.45) is 0. The maximum absolute atomic E-state index is 11.3. The molecule has 0 atom stereocenters. The van der Waals surface area contributed by atoms with Crippen LogP contribution in [0.1, 0.15) is 10.4 Å². The molecule has 1 amide bonds. The maximum atomic E-state index is 11.3. The zero-order chi connectivity index (χ0) is 15.1. The van der Waals surface area contributed by atoms with Crippen molar-refractivity contribution in [2.45, 2.75) is 0 Å². The minimum Gasteiger partial charge on any atom is -0.497 e. The zero-order valence-corrected chi connectivity index (χ0v) is 11.7. The number of para-hydroxylation sites is 1. The molecular weight excluding hydrogens is 270 g/mol. The lowest BCUT2D eigenvalue weighted by molar-refractivity contribution is 0.0995. The molecule has 0 bridgehead atoms. The van der Waals surface area contributed by atoms with Crippen molar-refractivity contribution >= 4 is 5.91 Å². The van der Waals surface area contributed by atoms with Crippen molar-refractivity contribution in [1.82, 2.24) is 0 Å². The molecule has 0 heterocycles. The first-order valence-corrected chi connectivity index (χ1v) is 6.49. The Morgan fingerprint density at radius 1 is 1.00 bits per heavy atom. The fraction of sp³-hybridized carbons (Fsp3) is 0.188. The number of rotatable bonds is 7. The molecule has 0 aromatic heterocycles. The summed E-state index contributed by atoms with van der Waals surface area (Å²) < 4.78 is 16.2. The first kappa shape index (κ1) is 14.7. The normalized spacial score (nSPS) is 9.95. The fourth-order valence-corrected chi connectivity index (χ4v) is 1.78. The first-order chi connectivity index (χ1) is 10.2. The third-order valence-corrected chi connectivity index (χ3v) is 2.81. The van der Waals surface area contributed by atoms with Gasteiger partial charge in [0.1, 0.15) is 30.5 Å². The average Bonchev–Trinajstić information content (AvgIpc) is 2.52. The highest BCUT2D eigenvalue weighted by molar-refractivity contribution is 5.95. The third-order valence-electron chi connectivity index (χ3n) is 2.81. The molecule has 2 aromatic carbocycles. The molecule has 0 radical (unpaired) electrons. The SMILES string of the molecule is COc1ccc(C(N)=O)c(OCCOc2ccccc2)c1. The highest BCUT2D eigenvalue weighted by Gasteiger charge is 2.10. The second-order valence-corrected chi connectivity index (χ2v) is 4.24. The molecule has 0 saturated heterocycles. The molecule has 5 heteroatoms. The minimum absolute atomic E-state index is 0.294. The Bertz CT molecular complexity index is 598. The number of amides is 1. The van der Waals surface area contributed by atoms with Crippen LogP contribution in [-0.4, -0.2) is 26.2 Å². The van der Waals surface area contributed by atoms with E-state index in [4.69, 9.17) is 19.9 Å². The second-order valence-electron chi connectivity index (χ2n) is 4.24. The van der Waals surface area contributed by atoms with E-state index in [0.717, 1.165) is 5.75 Å². The Balaban J connectivity index is 1.94. The van der Waals surface area contributed by atoms with Crippen LogP contribution in [0.3, 0.4) is 0 Å². The van der Waals surface area contributed by atoms with Crippen molar-refractivity contribution in [3.05, 3.63) is 54.1 Å². The van der Waals surface area contributed by atoms with Gasteiger partial charge in [0.15, 0.2) is 0 Å². The molecule has 0 fully saturated rings. The van der Waals surface area contributed by atoms with Gasteiger partial charge in [-0.15, -0.1) is 0 Å². The van der Waals surface area contributed by atoms with Crippen LogP contribution in [0.2, 0.25) is 0 Å². The monoisotopic (exact) mass is 287 g/mol. The molecule has 2 rings (SSSR count). The number of benzene rings is 2. The van der Waals surface area contributed by atoms with E-state index in [-0.39, 0.29) is 0 Å². The van der Waals surface area contributed by atoms with Crippen molar-refractivity contribution in [2.24, 2.45) is 5.73 Å². The van der Waals surface area contributed by atoms with E-state index in [1.54, 1.807) is 25.3 Å². The van der Waals surface area contributed by atoms with Gasteiger partial charge in [-0.1, -0.05) is 18.2 Å². The second kappa shape index (κ2) is 7.19. The molecule has 5 nitrogen and oxygen atoms in total. The van der Waals surface area contributed by atoms with Crippen molar-refractivity contribution < 1.29 is 19.0 Å². The molecule has 2 aromatic rings. The zero-order valence-electron chi connectivity index (χ0n) is 11.7. The van der Waals surface area contributed by atoms with Crippen LogP contribution < -0.4 is 19.9 Å². The number of carbonyl (C=O) groups excluding carboxylic acids is 1. The van der Waals surface area contributed by atoms with Gasteiger partial charge in [-0.2, -0.15) is 0 Å². The molecule has 2 N–H and O–H groups in total. The maximum Gasteiger partial charge on any atom is 0.252 e. The minimum atomic E-state index is -0.545. The van der Waals surface area contributed by atoms with E-state index >= 15 is 0 Å². The van der Waals surface area contributed by atoms with Crippen LogP contribution in [0.4, 0.5) is 0 Å². The smallest absolute Gasteiger partial charge is 0.252 e. The standard InChI is InChI=1S/C16H17NO4/c1-19-13-7-8-14(16(17)18)15(11-13)21-10-9-20-12-5-3-2-4-6-12/h2-8,11H,9-10H2,1H3,(H2,17,18). The van der Waals surface area contributed by atoms with Gasteiger partial charge in [-0.3, -0.25) is 4.79 Å². The van der Waals surface area contributed by atoms with E-state index in [1.165, 1.54) is 0 Å². The number of nitrogens with two attached hydrogens (primary N) is 1. The number of hydrogen-bond donors (Lipinski definition) is 1.